The van der Waals surface area contributed by atoms with Gasteiger partial charge in [0.1, 0.15) is 12.1 Å². The first-order chi connectivity index (χ1) is 19.3. The number of hydrogen-bond donors (Lipinski definition) is 4. The molecule has 0 saturated heterocycles. The standard InChI is InChI=1S/2C17H15NO2/c2*1-11(17(19)20)18-16-8-4-7-14-9-12-5-2-3-6-13(12)10-15(14)16/h2*2-11,18H,1H3,(H,19,20)/t2*11-/m00/s1. The first-order valence-corrected chi connectivity index (χ1v) is 13.1. The van der Waals surface area contributed by atoms with Crippen molar-refractivity contribution in [2.45, 2.75) is 25.9 Å². The van der Waals surface area contributed by atoms with Crippen LogP contribution in [0.25, 0.3) is 43.1 Å². The Labute approximate surface area is 231 Å². The molecule has 0 saturated carbocycles. The third-order valence-corrected chi connectivity index (χ3v) is 6.98. The molecular formula is C34H30N2O4. The molecule has 0 amide bonds. The zero-order valence-corrected chi connectivity index (χ0v) is 22.3. The summed E-state index contributed by atoms with van der Waals surface area (Å²) in [5.74, 6) is -1.72. The second-order valence-corrected chi connectivity index (χ2v) is 9.86. The lowest BCUT2D eigenvalue weighted by Gasteiger charge is -2.14. The fourth-order valence-electron chi connectivity index (χ4n) is 4.78. The molecule has 2 atom stereocenters. The summed E-state index contributed by atoms with van der Waals surface area (Å²) in [5.41, 5.74) is 1.70. The van der Waals surface area contributed by atoms with Crippen LogP contribution >= 0.6 is 0 Å². The molecule has 6 aromatic carbocycles. The van der Waals surface area contributed by atoms with Gasteiger partial charge in [0.15, 0.2) is 0 Å². The van der Waals surface area contributed by atoms with Crippen LogP contribution in [0, 0.1) is 0 Å². The van der Waals surface area contributed by atoms with Crippen LogP contribution in [0.5, 0.6) is 0 Å². The fraction of sp³-hybridized carbons (Fsp3) is 0.118. The minimum absolute atomic E-state index is 0.618. The third-order valence-electron chi connectivity index (χ3n) is 6.98. The molecule has 0 spiro atoms. The van der Waals surface area contributed by atoms with E-state index in [0.29, 0.717) is 0 Å². The number of carbonyl (C=O) groups is 2. The summed E-state index contributed by atoms with van der Waals surface area (Å²) in [6.07, 6.45) is 0. The molecule has 6 heteroatoms. The molecule has 0 bridgehead atoms. The van der Waals surface area contributed by atoms with Crippen molar-refractivity contribution in [3.05, 3.63) is 109 Å². The third kappa shape index (κ3) is 5.66. The number of carboxylic acids is 2. The van der Waals surface area contributed by atoms with Gasteiger partial charge in [0.05, 0.1) is 0 Å². The van der Waals surface area contributed by atoms with Gasteiger partial charge < -0.3 is 20.8 Å². The SMILES string of the molecule is C[C@H](Nc1cccc2cc3ccccc3cc12)C(=O)O.C[C@H](Nc1cccc2cc3ccccc3cc12)C(=O)O. The Hall–Kier alpha value is -5.10. The molecule has 0 unspecified atom stereocenters. The Morgan fingerprint density at radius 2 is 0.825 bits per heavy atom. The number of hydrogen-bond acceptors (Lipinski definition) is 4. The first kappa shape index (κ1) is 26.5. The lowest BCUT2D eigenvalue weighted by atomic mass is 10.0. The van der Waals surface area contributed by atoms with Crippen molar-refractivity contribution < 1.29 is 19.8 Å². The normalized spacial score (nSPS) is 12.4. The smallest absolute Gasteiger partial charge is 0.325 e. The van der Waals surface area contributed by atoms with E-state index < -0.39 is 24.0 Å². The molecule has 0 radical (unpaired) electrons. The molecular weight excluding hydrogens is 500 g/mol. The minimum atomic E-state index is -0.859. The Kier molecular flexibility index (Phi) is 7.51. The van der Waals surface area contributed by atoms with E-state index in [9.17, 15) is 9.59 Å². The van der Waals surface area contributed by atoms with Crippen molar-refractivity contribution >= 4 is 66.4 Å². The van der Waals surface area contributed by atoms with Crippen LogP contribution < -0.4 is 10.6 Å². The highest BCUT2D eigenvalue weighted by molar-refractivity contribution is 6.05. The van der Waals surface area contributed by atoms with Crippen molar-refractivity contribution in [1.82, 2.24) is 0 Å². The average Bonchev–Trinajstić information content (AvgIpc) is 2.95. The molecule has 0 aromatic heterocycles. The zero-order chi connectivity index (χ0) is 28.2. The first-order valence-electron chi connectivity index (χ1n) is 13.1. The number of aliphatic carboxylic acids is 2. The highest BCUT2D eigenvalue weighted by Gasteiger charge is 2.13. The van der Waals surface area contributed by atoms with Crippen molar-refractivity contribution in [3.8, 4) is 0 Å². The van der Waals surface area contributed by atoms with Gasteiger partial charge in [0, 0.05) is 22.1 Å². The van der Waals surface area contributed by atoms with E-state index in [-0.39, 0.29) is 0 Å². The van der Waals surface area contributed by atoms with Gasteiger partial charge in [-0.05, 0) is 82.6 Å². The lowest BCUT2D eigenvalue weighted by Crippen LogP contribution is -2.25. The van der Waals surface area contributed by atoms with Crippen LogP contribution in [0.1, 0.15) is 13.8 Å². The average molecular weight is 531 g/mol. The summed E-state index contributed by atoms with van der Waals surface area (Å²) in [4.78, 5) is 22.0. The number of carboxylic acid groups (broad SMARTS) is 2. The molecule has 4 N–H and O–H groups in total. The minimum Gasteiger partial charge on any atom is -0.480 e. The maximum atomic E-state index is 11.0. The van der Waals surface area contributed by atoms with Crippen LogP contribution in [0.15, 0.2) is 109 Å². The van der Waals surface area contributed by atoms with Gasteiger partial charge in [0.25, 0.3) is 0 Å². The monoisotopic (exact) mass is 530 g/mol. The number of fused-ring (bicyclic) bond motifs is 4. The largest absolute Gasteiger partial charge is 0.480 e. The predicted octanol–water partition coefficient (Wildman–Crippen LogP) is 7.76. The van der Waals surface area contributed by atoms with Crippen LogP contribution in [0.3, 0.4) is 0 Å². The van der Waals surface area contributed by atoms with E-state index in [0.717, 1.165) is 43.7 Å². The molecule has 6 rings (SSSR count). The number of benzene rings is 6. The summed E-state index contributed by atoms with van der Waals surface area (Å²) in [6.45, 7) is 3.28. The highest BCUT2D eigenvalue weighted by atomic mass is 16.4. The Morgan fingerprint density at radius 3 is 1.18 bits per heavy atom. The Balaban J connectivity index is 0.000000161. The van der Waals surface area contributed by atoms with E-state index in [1.165, 1.54) is 10.8 Å². The summed E-state index contributed by atoms with van der Waals surface area (Å²) < 4.78 is 0. The van der Waals surface area contributed by atoms with Crippen molar-refractivity contribution in [2.24, 2.45) is 0 Å². The van der Waals surface area contributed by atoms with Gasteiger partial charge in [-0.2, -0.15) is 0 Å². The number of nitrogens with one attached hydrogen (secondary N) is 2. The van der Waals surface area contributed by atoms with Gasteiger partial charge >= 0.3 is 11.9 Å². The van der Waals surface area contributed by atoms with Crippen molar-refractivity contribution in [3.63, 3.8) is 0 Å². The zero-order valence-electron chi connectivity index (χ0n) is 22.3. The van der Waals surface area contributed by atoms with Gasteiger partial charge in [0.2, 0.25) is 0 Å². The maximum Gasteiger partial charge on any atom is 0.325 e. The van der Waals surface area contributed by atoms with Gasteiger partial charge in [-0.25, -0.2) is 0 Å². The Morgan fingerprint density at radius 1 is 0.500 bits per heavy atom. The van der Waals surface area contributed by atoms with Crippen LogP contribution in [-0.2, 0) is 9.59 Å². The Bertz CT molecular complexity index is 1730. The van der Waals surface area contributed by atoms with E-state index in [2.05, 4.69) is 59.2 Å². The molecule has 0 aliphatic rings. The van der Waals surface area contributed by atoms with Crippen LogP contribution in [0.2, 0.25) is 0 Å². The molecule has 200 valence electrons. The maximum absolute atomic E-state index is 11.0. The van der Waals surface area contributed by atoms with Crippen LogP contribution in [-0.4, -0.2) is 34.2 Å². The summed E-state index contributed by atoms with van der Waals surface area (Å²) in [6, 6.07) is 35.3. The summed E-state index contributed by atoms with van der Waals surface area (Å²) in [7, 11) is 0. The molecule has 0 heterocycles. The second kappa shape index (κ2) is 11.3. The molecule has 6 aromatic rings. The molecule has 0 aliphatic carbocycles. The van der Waals surface area contributed by atoms with E-state index >= 15 is 0 Å². The van der Waals surface area contributed by atoms with Gasteiger partial charge in [-0.1, -0.05) is 72.8 Å². The molecule has 6 nitrogen and oxygen atoms in total. The van der Waals surface area contributed by atoms with Crippen molar-refractivity contribution in [1.29, 1.82) is 0 Å². The van der Waals surface area contributed by atoms with Gasteiger partial charge in [-0.3, -0.25) is 9.59 Å². The quantitative estimate of drug-likeness (QED) is 0.164. The van der Waals surface area contributed by atoms with E-state index in [1.807, 2.05) is 60.7 Å². The number of rotatable bonds is 6. The summed E-state index contributed by atoms with van der Waals surface area (Å²) in [5, 5.41) is 33.1. The van der Waals surface area contributed by atoms with E-state index in [4.69, 9.17) is 10.2 Å². The summed E-state index contributed by atoms with van der Waals surface area (Å²) >= 11 is 0. The number of anilines is 2. The fourth-order valence-corrected chi connectivity index (χ4v) is 4.78. The van der Waals surface area contributed by atoms with Gasteiger partial charge in [-0.15, -0.1) is 0 Å². The molecule has 40 heavy (non-hydrogen) atoms. The predicted molar refractivity (Wildman–Crippen MR) is 164 cm³/mol. The lowest BCUT2D eigenvalue weighted by molar-refractivity contribution is -0.138. The highest BCUT2D eigenvalue weighted by Crippen LogP contribution is 2.30. The topological polar surface area (TPSA) is 98.7 Å². The molecule has 0 fully saturated rings. The van der Waals surface area contributed by atoms with Crippen molar-refractivity contribution in [2.75, 3.05) is 10.6 Å². The van der Waals surface area contributed by atoms with E-state index in [1.54, 1.807) is 13.8 Å². The van der Waals surface area contributed by atoms with Crippen LogP contribution in [0.4, 0.5) is 11.4 Å². The second-order valence-electron chi connectivity index (χ2n) is 9.86. The molecule has 0 aliphatic heterocycles.